The number of halogens is 1. The minimum absolute atomic E-state index is 0.0330. The lowest BCUT2D eigenvalue weighted by molar-refractivity contribution is 0.352. The Morgan fingerprint density at radius 3 is 2.39 bits per heavy atom. The monoisotopic (exact) mass is 271 g/mol. The van der Waals surface area contributed by atoms with Crippen LogP contribution in [0.15, 0.2) is 18.2 Å². The average molecular weight is 272 g/mol. The van der Waals surface area contributed by atoms with Crippen LogP contribution in [0.5, 0.6) is 11.5 Å². The highest BCUT2D eigenvalue weighted by Gasteiger charge is 2.19. The molecule has 0 aliphatic carbocycles. The van der Waals surface area contributed by atoms with E-state index >= 15 is 0 Å². The molecule has 1 rings (SSSR count). The van der Waals surface area contributed by atoms with Gasteiger partial charge < -0.3 is 14.8 Å². The van der Waals surface area contributed by atoms with Crippen LogP contribution in [0.2, 0.25) is 0 Å². The lowest BCUT2D eigenvalue weighted by Gasteiger charge is -2.27. The molecule has 0 spiro atoms. The van der Waals surface area contributed by atoms with Crippen LogP contribution in [0.1, 0.15) is 25.8 Å². The number of alkyl halides is 1. The third kappa shape index (κ3) is 3.79. The van der Waals surface area contributed by atoms with Crippen molar-refractivity contribution in [2.45, 2.75) is 32.4 Å². The first-order valence-corrected chi connectivity index (χ1v) is 6.64. The van der Waals surface area contributed by atoms with Gasteiger partial charge in [-0.1, -0.05) is 13.0 Å². The molecular formula is C14H22ClNO2. The molecule has 1 unspecified atom stereocenters. The predicted molar refractivity (Wildman–Crippen MR) is 75.8 cm³/mol. The van der Waals surface area contributed by atoms with E-state index in [0.29, 0.717) is 5.88 Å². The summed E-state index contributed by atoms with van der Waals surface area (Å²) < 4.78 is 10.5. The predicted octanol–water partition coefficient (Wildman–Crippen LogP) is 3.20. The fourth-order valence-corrected chi connectivity index (χ4v) is 1.86. The van der Waals surface area contributed by atoms with Crippen molar-refractivity contribution in [3.8, 4) is 11.5 Å². The highest BCUT2D eigenvalue weighted by molar-refractivity contribution is 6.18. The lowest BCUT2D eigenvalue weighted by atomic mass is 10.0. The van der Waals surface area contributed by atoms with Gasteiger partial charge >= 0.3 is 0 Å². The van der Waals surface area contributed by atoms with Gasteiger partial charge in [-0.2, -0.15) is 0 Å². The van der Waals surface area contributed by atoms with Gasteiger partial charge in [0.15, 0.2) is 11.5 Å². The molecule has 1 aromatic carbocycles. The largest absolute Gasteiger partial charge is 0.493 e. The molecule has 1 atom stereocenters. The Morgan fingerprint density at radius 2 is 1.89 bits per heavy atom. The Morgan fingerprint density at radius 1 is 1.22 bits per heavy atom. The van der Waals surface area contributed by atoms with Crippen LogP contribution >= 0.6 is 11.6 Å². The molecule has 0 aliphatic heterocycles. The molecule has 0 saturated heterocycles. The Kier molecular flexibility index (Phi) is 5.76. The van der Waals surface area contributed by atoms with Crippen LogP contribution in [0, 0.1) is 0 Å². The van der Waals surface area contributed by atoms with E-state index in [0.717, 1.165) is 30.0 Å². The first-order valence-electron chi connectivity index (χ1n) is 6.10. The molecule has 0 saturated carbocycles. The maximum atomic E-state index is 5.97. The Bertz CT molecular complexity index is 378. The van der Waals surface area contributed by atoms with Crippen LogP contribution in [-0.2, 0) is 6.54 Å². The summed E-state index contributed by atoms with van der Waals surface area (Å²) in [5.41, 5.74) is 1.12. The molecule has 0 heterocycles. The Hall–Kier alpha value is -0.930. The first kappa shape index (κ1) is 15.1. The van der Waals surface area contributed by atoms with Crippen molar-refractivity contribution in [1.29, 1.82) is 0 Å². The fraction of sp³-hybridized carbons (Fsp3) is 0.571. The molecule has 3 nitrogen and oxygen atoms in total. The van der Waals surface area contributed by atoms with Crippen molar-refractivity contribution in [3.05, 3.63) is 23.8 Å². The maximum Gasteiger partial charge on any atom is 0.161 e. The summed E-state index contributed by atoms with van der Waals surface area (Å²) in [6, 6.07) is 5.93. The zero-order valence-electron chi connectivity index (χ0n) is 11.5. The van der Waals surface area contributed by atoms with Crippen LogP contribution in [0.4, 0.5) is 0 Å². The van der Waals surface area contributed by atoms with Crippen molar-refractivity contribution < 1.29 is 9.47 Å². The van der Waals surface area contributed by atoms with Gasteiger partial charge in [-0.25, -0.2) is 0 Å². The molecule has 102 valence electrons. The van der Waals surface area contributed by atoms with Gasteiger partial charge in [0, 0.05) is 18.0 Å². The fourth-order valence-electron chi connectivity index (χ4n) is 1.57. The van der Waals surface area contributed by atoms with E-state index in [4.69, 9.17) is 21.1 Å². The molecule has 1 aromatic rings. The minimum atomic E-state index is -0.0330. The van der Waals surface area contributed by atoms with E-state index in [9.17, 15) is 0 Å². The average Bonchev–Trinajstić information content (AvgIpc) is 2.44. The van der Waals surface area contributed by atoms with Crippen LogP contribution in [-0.4, -0.2) is 25.6 Å². The number of rotatable bonds is 7. The molecule has 1 N–H and O–H groups in total. The van der Waals surface area contributed by atoms with E-state index in [1.54, 1.807) is 14.2 Å². The van der Waals surface area contributed by atoms with Gasteiger partial charge in [0.1, 0.15) is 0 Å². The standard InChI is InChI=1S/C14H22ClNO2/c1-5-14(2,10-15)16-9-11-6-7-12(17-3)13(8-11)18-4/h6-8,16H,5,9-10H2,1-4H3. The molecule has 18 heavy (non-hydrogen) atoms. The van der Waals surface area contributed by atoms with Crippen LogP contribution in [0.25, 0.3) is 0 Å². The lowest BCUT2D eigenvalue weighted by Crippen LogP contribution is -2.42. The highest BCUT2D eigenvalue weighted by atomic mass is 35.5. The third-order valence-electron chi connectivity index (χ3n) is 3.24. The van der Waals surface area contributed by atoms with E-state index < -0.39 is 0 Å². The minimum Gasteiger partial charge on any atom is -0.493 e. The number of methoxy groups -OCH3 is 2. The molecule has 0 fully saturated rings. The number of hydrogen-bond donors (Lipinski definition) is 1. The summed E-state index contributed by atoms with van der Waals surface area (Å²) in [6.45, 7) is 5.02. The van der Waals surface area contributed by atoms with Crippen molar-refractivity contribution in [1.82, 2.24) is 5.32 Å². The van der Waals surface area contributed by atoms with E-state index in [-0.39, 0.29) is 5.54 Å². The molecule has 0 bridgehead atoms. The van der Waals surface area contributed by atoms with Gasteiger partial charge in [0.2, 0.25) is 0 Å². The van der Waals surface area contributed by atoms with Gasteiger partial charge in [-0.05, 0) is 31.0 Å². The van der Waals surface area contributed by atoms with Crippen molar-refractivity contribution in [3.63, 3.8) is 0 Å². The Balaban J connectivity index is 2.74. The molecule has 4 heteroatoms. The summed E-state index contributed by atoms with van der Waals surface area (Å²) in [4.78, 5) is 0. The smallest absolute Gasteiger partial charge is 0.161 e. The number of nitrogens with one attached hydrogen (secondary N) is 1. The summed E-state index contributed by atoms with van der Waals surface area (Å²) in [7, 11) is 3.28. The SMILES string of the molecule is CCC(C)(CCl)NCc1ccc(OC)c(OC)c1. The maximum absolute atomic E-state index is 5.97. The summed E-state index contributed by atoms with van der Waals surface area (Å²) in [5.74, 6) is 2.09. The van der Waals surface area contributed by atoms with Crippen molar-refractivity contribution in [2.75, 3.05) is 20.1 Å². The van der Waals surface area contributed by atoms with Gasteiger partial charge in [0.25, 0.3) is 0 Å². The van der Waals surface area contributed by atoms with Crippen LogP contribution < -0.4 is 14.8 Å². The van der Waals surface area contributed by atoms with Crippen LogP contribution in [0.3, 0.4) is 0 Å². The quantitative estimate of drug-likeness (QED) is 0.773. The second-order valence-electron chi connectivity index (χ2n) is 4.59. The number of ether oxygens (including phenoxy) is 2. The van der Waals surface area contributed by atoms with E-state index in [2.05, 4.69) is 19.2 Å². The molecule has 0 aliphatic rings. The van der Waals surface area contributed by atoms with Crippen molar-refractivity contribution >= 4 is 11.6 Å². The Labute approximate surface area is 114 Å². The number of hydrogen-bond acceptors (Lipinski definition) is 3. The summed E-state index contributed by atoms with van der Waals surface area (Å²) in [5, 5.41) is 3.47. The van der Waals surface area contributed by atoms with Gasteiger partial charge in [-0.3, -0.25) is 0 Å². The van der Waals surface area contributed by atoms with Gasteiger partial charge in [0.05, 0.1) is 14.2 Å². The normalized spacial score (nSPS) is 14.1. The molecule has 0 amide bonds. The van der Waals surface area contributed by atoms with E-state index in [1.165, 1.54) is 0 Å². The highest BCUT2D eigenvalue weighted by Crippen LogP contribution is 2.27. The van der Waals surface area contributed by atoms with Gasteiger partial charge in [-0.15, -0.1) is 11.6 Å². The summed E-state index contributed by atoms with van der Waals surface area (Å²) >= 11 is 5.97. The van der Waals surface area contributed by atoms with E-state index in [1.807, 2.05) is 18.2 Å². The summed E-state index contributed by atoms with van der Waals surface area (Å²) in [6.07, 6.45) is 0.990. The second kappa shape index (κ2) is 6.86. The zero-order valence-corrected chi connectivity index (χ0v) is 12.3. The molecular weight excluding hydrogens is 250 g/mol. The first-order chi connectivity index (χ1) is 8.58. The zero-order chi connectivity index (χ0) is 13.6. The van der Waals surface area contributed by atoms with Crippen molar-refractivity contribution in [2.24, 2.45) is 0 Å². The third-order valence-corrected chi connectivity index (χ3v) is 3.83. The molecule has 0 aromatic heterocycles. The topological polar surface area (TPSA) is 30.5 Å². The molecule has 0 radical (unpaired) electrons. The number of benzene rings is 1. The second-order valence-corrected chi connectivity index (χ2v) is 4.86.